The first-order chi connectivity index (χ1) is 10.1. The lowest BCUT2D eigenvalue weighted by Gasteiger charge is -2.25. The summed E-state index contributed by atoms with van der Waals surface area (Å²) < 4.78 is 4.93. The maximum Gasteiger partial charge on any atom is 0.335 e. The maximum atomic E-state index is 11.7. The summed E-state index contributed by atoms with van der Waals surface area (Å²) in [7, 11) is 0. The van der Waals surface area contributed by atoms with Gasteiger partial charge in [-0.3, -0.25) is 9.97 Å². The van der Waals surface area contributed by atoms with E-state index in [2.05, 4.69) is 23.0 Å². The first-order valence-electron chi connectivity index (χ1n) is 7.47. The van der Waals surface area contributed by atoms with Gasteiger partial charge in [-0.15, -0.1) is 0 Å². The average Bonchev–Trinajstić information content (AvgIpc) is 2.91. The van der Waals surface area contributed by atoms with Crippen LogP contribution in [-0.2, 0) is 9.53 Å². The smallest absolute Gasteiger partial charge is 0.335 e. The molecule has 1 aromatic rings. The van der Waals surface area contributed by atoms with Crippen LogP contribution in [0.1, 0.15) is 44.0 Å². The maximum absolute atomic E-state index is 11.7. The van der Waals surface area contributed by atoms with Gasteiger partial charge in [0.25, 0.3) is 0 Å². The number of ether oxygens (including phenoxy) is 1. The van der Waals surface area contributed by atoms with Crippen LogP contribution in [0.5, 0.6) is 0 Å². The molecule has 4 atom stereocenters. The van der Waals surface area contributed by atoms with Crippen LogP contribution in [0.3, 0.4) is 0 Å². The number of esters is 1. The molecule has 2 aliphatic carbocycles. The SMILES string of the molecule is CCOC(=O)C(O)C1CC2=Cc3nccnc3C(C)C2C1. The molecule has 5 nitrogen and oxygen atoms in total. The van der Waals surface area contributed by atoms with Crippen LogP contribution in [0.2, 0.25) is 0 Å². The number of nitrogens with zero attached hydrogens (tertiary/aromatic N) is 2. The van der Waals surface area contributed by atoms with Crippen molar-refractivity contribution in [3.05, 3.63) is 29.4 Å². The lowest BCUT2D eigenvalue weighted by molar-refractivity contribution is -0.155. The number of carbonyl (C=O) groups is 1. The van der Waals surface area contributed by atoms with Gasteiger partial charge in [-0.25, -0.2) is 4.79 Å². The van der Waals surface area contributed by atoms with Crippen LogP contribution in [0.25, 0.3) is 6.08 Å². The third kappa shape index (κ3) is 2.46. The van der Waals surface area contributed by atoms with Crippen molar-refractivity contribution in [2.45, 2.75) is 38.7 Å². The Labute approximate surface area is 124 Å². The van der Waals surface area contributed by atoms with Crippen LogP contribution in [0, 0.1) is 11.8 Å². The lowest BCUT2D eigenvalue weighted by Crippen LogP contribution is -2.30. The van der Waals surface area contributed by atoms with Gasteiger partial charge in [-0.05, 0) is 37.7 Å². The largest absolute Gasteiger partial charge is 0.464 e. The molecule has 2 aliphatic rings. The van der Waals surface area contributed by atoms with E-state index in [4.69, 9.17) is 4.74 Å². The fraction of sp³-hybridized carbons (Fsp3) is 0.562. The second-order valence-corrected chi connectivity index (χ2v) is 5.84. The zero-order valence-electron chi connectivity index (χ0n) is 12.3. The lowest BCUT2D eigenvalue weighted by atomic mass is 9.81. The summed E-state index contributed by atoms with van der Waals surface area (Å²) >= 11 is 0. The first kappa shape index (κ1) is 14.2. The molecule has 0 aromatic carbocycles. The molecule has 0 amide bonds. The zero-order chi connectivity index (χ0) is 15.0. The van der Waals surface area contributed by atoms with Crippen LogP contribution >= 0.6 is 0 Å². The number of hydrogen-bond acceptors (Lipinski definition) is 5. The van der Waals surface area contributed by atoms with Gasteiger partial charge >= 0.3 is 5.97 Å². The zero-order valence-corrected chi connectivity index (χ0v) is 12.3. The summed E-state index contributed by atoms with van der Waals surface area (Å²) in [6, 6.07) is 0. The fourth-order valence-electron chi connectivity index (χ4n) is 3.55. The van der Waals surface area contributed by atoms with Gasteiger partial charge in [0, 0.05) is 18.3 Å². The summed E-state index contributed by atoms with van der Waals surface area (Å²) in [5, 5.41) is 10.2. The predicted octanol–water partition coefficient (Wildman–Crippen LogP) is 1.93. The number of allylic oxidation sites excluding steroid dienone is 1. The number of aliphatic hydroxyl groups is 1. The molecule has 1 heterocycles. The summed E-state index contributed by atoms with van der Waals surface area (Å²) in [5.41, 5.74) is 3.20. The molecule has 21 heavy (non-hydrogen) atoms. The second-order valence-electron chi connectivity index (χ2n) is 5.84. The molecule has 0 bridgehead atoms. The third-order valence-electron chi connectivity index (χ3n) is 4.62. The molecule has 0 aliphatic heterocycles. The van der Waals surface area contributed by atoms with E-state index in [0.29, 0.717) is 12.5 Å². The molecule has 0 saturated heterocycles. The molecule has 1 saturated carbocycles. The van der Waals surface area contributed by atoms with E-state index in [1.165, 1.54) is 5.57 Å². The molecule has 1 aromatic heterocycles. The Balaban J connectivity index is 1.80. The minimum atomic E-state index is -1.03. The summed E-state index contributed by atoms with van der Waals surface area (Å²) in [5.74, 6) is 0.0246. The van der Waals surface area contributed by atoms with Gasteiger partial charge in [0.1, 0.15) is 0 Å². The Morgan fingerprint density at radius 2 is 2.24 bits per heavy atom. The number of aliphatic hydroxyl groups excluding tert-OH is 1. The van der Waals surface area contributed by atoms with Gasteiger partial charge in [-0.1, -0.05) is 12.5 Å². The van der Waals surface area contributed by atoms with E-state index in [1.807, 2.05) is 0 Å². The van der Waals surface area contributed by atoms with E-state index in [0.717, 1.165) is 24.2 Å². The number of hydrogen-bond donors (Lipinski definition) is 1. The number of aromatic nitrogens is 2. The molecule has 1 N–H and O–H groups in total. The minimum Gasteiger partial charge on any atom is -0.464 e. The third-order valence-corrected chi connectivity index (χ3v) is 4.62. The van der Waals surface area contributed by atoms with Crippen molar-refractivity contribution in [1.82, 2.24) is 9.97 Å². The quantitative estimate of drug-likeness (QED) is 0.860. The van der Waals surface area contributed by atoms with Crippen LogP contribution in [-0.4, -0.2) is 33.8 Å². The Morgan fingerprint density at radius 1 is 1.48 bits per heavy atom. The van der Waals surface area contributed by atoms with Crippen molar-refractivity contribution < 1.29 is 14.6 Å². The summed E-state index contributed by atoms with van der Waals surface area (Å²) in [4.78, 5) is 20.5. The van der Waals surface area contributed by atoms with Crippen molar-refractivity contribution in [2.75, 3.05) is 6.61 Å². The molecular formula is C16H20N2O3. The molecule has 4 unspecified atom stereocenters. The highest BCUT2D eigenvalue weighted by molar-refractivity contribution is 5.75. The Morgan fingerprint density at radius 3 is 3.00 bits per heavy atom. The Kier molecular flexibility index (Phi) is 3.76. The standard InChI is InChI=1S/C16H20N2O3/c1-3-21-16(20)15(19)11-6-10-8-13-14(18-5-4-17-13)9(2)12(10)7-11/h4-5,8-9,11-12,15,19H,3,6-7H2,1-2H3. The molecule has 0 radical (unpaired) electrons. The fourth-order valence-corrected chi connectivity index (χ4v) is 3.55. The van der Waals surface area contributed by atoms with Gasteiger partial charge in [0.2, 0.25) is 0 Å². The number of fused-ring (bicyclic) bond motifs is 2. The van der Waals surface area contributed by atoms with Crippen molar-refractivity contribution in [2.24, 2.45) is 11.8 Å². The Bertz CT molecular complexity index is 585. The van der Waals surface area contributed by atoms with Crippen molar-refractivity contribution in [3.8, 4) is 0 Å². The van der Waals surface area contributed by atoms with E-state index in [1.54, 1.807) is 19.3 Å². The van der Waals surface area contributed by atoms with Crippen LogP contribution < -0.4 is 0 Å². The first-order valence-corrected chi connectivity index (χ1v) is 7.47. The highest BCUT2D eigenvalue weighted by Gasteiger charge is 2.42. The van der Waals surface area contributed by atoms with Crippen molar-refractivity contribution in [3.63, 3.8) is 0 Å². The summed E-state index contributed by atoms with van der Waals surface area (Å²) in [6.07, 6.45) is 5.98. The monoisotopic (exact) mass is 288 g/mol. The minimum absolute atomic E-state index is 0.0722. The van der Waals surface area contributed by atoms with Gasteiger partial charge in [-0.2, -0.15) is 0 Å². The number of carbonyl (C=O) groups excluding carboxylic acids is 1. The molecule has 0 spiro atoms. The number of rotatable bonds is 3. The topological polar surface area (TPSA) is 72.3 Å². The molecule has 112 valence electrons. The molecule has 1 fully saturated rings. The van der Waals surface area contributed by atoms with Crippen LogP contribution in [0.4, 0.5) is 0 Å². The van der Waals surface area contributed by atoms with Crippen molar-refractivity contribution in [1.29, 1.82) is 0 Å². The van der Waals surface area contributed by atoms with Gasteiger partial charge in [0.15, 0.2) is 6.10 Å². The average molecular weight is 288 g/mol. The Hall–Kier alpha value is -1.75. The van der Waals surface area contributed by atoms with Crippen molar-refractivity contribution >= 4 is 12.0 Å². The van der Waals surface area contributed by atoms with Gasteiger partial charge in [0.05, 0.1) is 18.0 Å². The van der Waals surface area contributed by atoms with E-state index >= 15 is 0 Å². The predicted molar refractivity (Wildman–Crippen MR) is 77.3 cm³/mol. The van der Waals surface area contributed by atoms with E-state index < -0.39 is 12.1 Å². The van der Waals surface area contributed by atoms with Crippen LogP contribution in [0.15, 0.2) is 18.0 Å². The molecule has 5 heteroatoms. The van der Waals surface area contributed by atoms with Gasteiger partial charge < -0.3 is 9.84 Å². The highest BCUT2D eigenvalue weighted by atomic mass is 16.5. The van der Waals surface area contributed by atoms with E-state index in [9.17, 15) is 9.90 Å². The normalized spacial score (nSPS) is 28.3. The molecule has 3 rings (SSSR count). The highest BCUT2D eigenvalue weighted by Crippen LogP contribution is 2.48. The second kappa shape index (κ2) is 5.56. The van der Waals surface area contributed by atoms with E-state index in [-0.39, 0.29) is 11.8 Å². The summed E-state index contributed by atoms with van der Waals surface area (Å²) in [6.45, 7) is 4.19. The molecular weight excluding hydrogens is 268 g/mol.